The summed E-state index contributed by atoms with van der Waals surface area (Å²) in [5.74, 6) is 0.403. The van der Waals surface area contributed by atoms with Crippen molar-refractivity contribution in [3.05, 3.63) is 70.3 Å². The van der Waals surface area contributed by atoms with E-state index < -0.39 is 0 Å². The SMILES string of the molecule is Cc1cccc(C(CN)Cc2cc(C)ccc2C)c1. The molecule has 0 saturated heterocycles. The number of aryl methyl sites for hydroxylation is 3. The Hall–Kier alpha value is -1.60. The van der Waals surface area contributed by atoms with Gasteiger partial charge in [-0.2, -0.15) is 0 Å². The molecule has 0 aliphatic heterocycles. The van der Waals surface area contributed by atoms with E-state index in [2.05, 4.69) is 63.2 Å². The zero-order valence-electron chi connectivity index (χ0n) is 12.1. The molecule has 0 amide bonds. The molecule has 1 nitrogen and oxygen atoms in total. The Morgan fingerprint density at radius 1 is 0.947 bits per heavy atom. The molecule has 2 aromatic carbocycles. The van der Waals surface area contributed by atoms with Crippen LogP contribution in [0.5, 0.6) is 0 Å². The Morgan fingerprint density at radius 3 is 2.37 bits per heavy atom. The first kappa shape index (κ1) is 13.8. The van der Waals surface area contributed by atoms with Gasteiger partial charge in [0.1, 0.15) is 0 Å². The summed E-state index contributed by atoms with van der Waals surface area (Å²) < 4.78 is 0. The number of hydrogen-bond acceptors (Lipinski definition) is 1. The van der Waals surface area contributed by atoms with E-state index in [1.54, 1.807) is 0 Å². The minimum atomic E-state index is 0.403. The van der Waals surface area contributed by atoms with Crippen molar-refractivity contribution in [3.8, 4) is 0 Å². The van der Waals surface area contributed by atoms with Crippen LogP contribution in [0, 0.1) is 20.8 Å². The number of rotatable bonds is 4. The third-order valence-corrected chi connectivity index (χ3v) is 3.77. The van der Waals surface area contributed by atoms with Crippen LogP contribution < -0.4 is 5.73 Å². The second-order valence-electron chi connectivity index (χ2n) is 5.48. The molecule has 0 aliphatic rings. The van der Waals surface area contributed by atoms with E-state index in [1.807, 2.05) is 0 Å². The maximum Gasteiger partial charge on any atom is 0.000177 e. The summed E-state index contributed by atoms with van der Waals surface area (Å²) in [6, 6.07) is 15.4. The average molecular weight is 253 g/mol. The van der Waals surface area contributed by atoms with Crippen molar-refractivity contribution >= 4 is 0 Å². The Labute approximate surface area is 116 Å². The third kappa shape index (κ3) is 3.45. The van der Waals surface area contributed by atoms with Gasteiger partial charge < -0.3 is 5.73 Å². The fourth-order valence-electron chi connectivity index (χ4n) is 2.55. The standard InChI is InChI=1S/C18H23N/c1-13-5-4-6-16(9-13)18(12-19)11-17-10-14(2)7-8-15(17)3/h4-10,18H,11-12,19H2,1-3H3. The van der Waals surface area contributed by atoms with E-state index in [4.69, 9.17) is 5.73 Å². The smallest absolute Gasteiger partial charge is 0.000177 e. The quantitative estimate of drug-likeness (QED) is 0.878. The van der Waals surface area contributed by atoms with E-state index in [0.29, 0.717) is 12.5 Å². The first-order valence-corrected chi connectivity index (χ1v) is 6.93. The van der Waals surface area contributed by atoms with Crippen molar-refractivity contribution in [1.29, 1.82) is 0 Å². The van der Waals surface area contributed by atoms with Gasteiger partial charge in [0.05, 0.1) is 0 Å². The first-order chi connectivity index (χ1) is 9.10. The summed E-state index contributed by atoms with van der Waals surface area (Å²) in [7, 11) is 0. The maximum absolute atomic E-state index is 5.99. The molecule has 0 bridgehead atoms. The largest absolute Gasteiger partial charge is 0.330 e. The fourth-order valence-corrected chi connectivity index (χ4v) is 2.55. The number of nitrogens with two attached hydrogens (primary N) is 1. The van der Waals surface area contributed by atoms with Crippen LogP contribution in [0.15, 0.2) is 42.5 Å². The van der Waals surface area contributed by atoms with Gasteiger partial charge in [0.15, 0.2) is 0 Å². The summed E-state index contributed by atoms with van der Waals surface area (Å²) in [4.78, 5) is 0. The molecule has 0 radical (unpaired) electrons. The van der Waals surface area contributed by atoms with Gasteiger partial charge in [-0.05, 0) is 50.4 Å². The predicted molar refractivity (Wildman–Crippen MR) is 82.6 cm³/mol. The second kappa shape index (κ2) is 6.03. The van der Waals surface area contributed by atoms with Crippen LogP contribution in [0.25, 0.3) is 0 Å². The van der Waals surface area contributed by atoms with Crippen LogP contribution in [-0.4, -0.2) is 6.54 Å². The first-order valence-electron chi connectivity index (χ1n) is 6.93. The minimum absolute atomic E-state index is 0.403. The Kier molecular flexibility index (Phi) is 4.39. The van der Waals surface area contributed by atoms with Crippen LogP contribution in [0.1, 0.15) is 33.7 Å². The lowest BCUT2D eigenvalue weighted by atomic mass is 9.89. The van der Waals surface area contributed by atoms with Gasteiger partial charge in [-0.3, -0.25) is 0 Å². The normalized spacial score (nSPS) is 12.4. The van der Waals surface area contributed by atoms with Crippen LogP contribution in [0.4, 0.5) is 0 Å². The summed E-state index contributed by atoms with van der Waals surface area (Å²) >= 11 is 0. The topological polar surface area (TPSA) is 26.0 Å². The molecule has 2 N–H and O–H groups in total. The summed E-state index contributed by atoms with van der Waals surface area (Å²) in [5, 5.41) is 0. The molecule has 2 rings (SSSR count). The van der Waals surface area contributed by atoms with Crippen molar-refractivity contribution in [2.75, 3.05) is 6.54 Å². The molecule has 1 atom stereocenters. The molecular weight excluding hydrogens is 230 g/mol. The van der Waals surface area contributed by atoms with E-state index in [-0.39, 0.29) is 0 Å². The van der Waals surface area contributed by atoms with Crippen LogP contribution >= 0.6 is 0 Å². The number of hydrogen-bond donors (Lipinski definition) is 1. The highest BCUT2D eigenvalue weighted by Gasteiger charge is 2.12. The van der Waals surface area contributed by atoms with Crippen molar-refractivity contribution in [3.63, 3.8) is 0 Å². The molecule has 1 heteroatoms. The van der Waals surface area contributed by atoms with Gasteiger partial charge in [-0.15, -0.1) is 0 Å². The number of benzene rings is 2. The molecule has 0 saturated carbocycles. The Balaban J connectivity index is 2.26. The average Bonchev–Trinajstić information content (AvgIpc) is 2.39. The highest BCUT2D eigenvalue weighted by atomic mass is 14.5. The van der Waals surface area contributed by atoms with Gasteiger partial charge in [-0.1, -0.05) is 53.6 Å². The van der Waals surface area contributed by atoms with E-state index in [1.165, 1.54) is 27.8 Å². The highest BCUT2D eigenvalue weighted by molar-refractivity contribution is 5.34. The zero-order chi connectivity index (χ0) is 13.8. The van der Waals surface area contributed by atoms with E-state index in [9.17, 15) is 0 Å². The third-order valence-electron chi connectivity index (χ3n) is 3.77. The second-order valence-corrected chi connectivity index (χ2v) is 5.48. The molecule has 0 aromatic heterocycles. The molecule has 2 aromatic rings. The molecule has 0 aliphatic carbocycles. The van der Waals surface area contributed by atoms with Gasteiger partial charge in [0.25, 0.3) is 0 Å². The van der Waals surface area contributed by atoms with Gasteiger partial charge >= 0.3 is 0 Å². The zero-order valence-corrected chi connectivity index (χ0v) is 12.1. The molecule has 0 heterocycles. The predicted octanol–water partition coefficient (Wildman–Crippen LogP) is 3.90. The van der Waals surface area contributed by atoms with Crippen molar-refractivity contribution in [1.82, 2.24) is 0 Å². The molecule has 100 valence electrons. The monoisotopic (exact) mass is 253 g/mol. The van der Waals surface area contributed by atoms with Crippen molar-refractivity contribution in [2.24, 2.45) is 5.73 Å². The Morgan fingerprint density at radius 2 is 1.68 bits per heavy atom. The summed E-state index contributed by atoms with van der Waals surface area (Å²) in [6.45, 7) is 7.15. The van der Waals surface area contributed by atoms with Crippen LogP contribution in [0.2, 0.25) is 0 Å². The van der Waals surface area contributed by atoms with Crippen molar-refractivity contribution in [2.45, 2.75) is 33.1 Å². The van der Waals surface area contributed by atoms with Gasteiger partial charge in [-0.25, -0.2) is 0 Å². The van der Waals surface area contributed by atoms with Crippen LogP contribution in [-0.2, 0) is 6.42 Å². The minimum Gasteiger partial charge on any atom is -0.330 e. The molecule has 19 heavy (non-hydrogen) atoms. The maximum atomic E-state index is 5.99. The lowest BCUT2D eigenvalue weighted by Gasteiger charge is -2.17. The Bertz CT molecular complexity index is 557. The lowest BCUT2D eigenvalue weighted by molar-refractivity contribution is 0.691. The molecular formula is C18H23N. The van der Waals surface area contributed by atoms with E-state index >= 15 is 0 Å². The van der Waals surface area contributed by atoms with E-state index in [0.717, 1.165) is 6.42 Å². The van der Waals surface area contributed by atoms with Gasteiger partial charge in [0, 0.05) is 5.92 Å². The molecule has 0 fully saturated rings. The van der Waals surface area contributed by atoms with Crippen molar-refractivity contribution < 1.29 is 0 Å². The lowest BCUT2D eigenvalue weighted by Crippen LogP contribution is -2.15. The molecule has 1 unspecified atom stereocenters. The van der Waals surface area contributed by atoms with Gasteiger partial charge in [0.2, 0.25) is 0 Å². The van der Waals surface area contributed by atoms with Crippen LogP contribution in [0.3, 0.4) is 0 Å². The fraction of sp³-hybridized carbons (Fsp3) is 0.333. The highest BCUT2D eigenvalue weighted by Crippen LogP contribution is 2.23. The summed E-state index contributed by atoms with van der Waals surface area (Å²) in [6.07, 6.45) is 1.02. The summed E-state index contributed by atoms with van der Waals surface area (Å²) in [5.41, 5.74) is 12.7. The molecule has 0 spiro atoms.